The van der Waals surface area contributed by atoms with Crippen molar-refractivity contribution in [2.24, 2.45) is 0 Å². The standard InChI is InChI=1S/C13H11ClF3N3O/c14-5-6-19-8-9(7-18)12(21)20-11-4-2-1-3-10(11)13(15,16)17/h1-4,8,19H,5-6H2,(H,20,21)/b9-8-. The van der Waals surface area contributed by atoms with Crippen molar-refractivity contribution in [3.05, 3.63) is 41.6 Å². The van der Waals surface area contributed by atoms with E-state index >= 15 is 0 Å². The van der Waals surface area contributed by atoms with Crippen molar-refractivity contribution in [1.82, 2.24) is 5.32 Å². The molecule has 1 rings (SSSR count). The first-order valence-corrected chi connectivity index (χ1v) is 6.30. The highest BCUT2D eigenvalue weighted by Crippen LogP contribution is 2.34. The van der Waals surface area contributed by atoms with Gasteiger partial charge in [-0.2, -0.15) is 18.4 Å². The molecule has 0 aromatic heterocycles. The Kier molecular flexibility index (Phi) is 6.06. The number of carbonyl (C=O) groups is 1. The lowest BCUT2D eigenvalue weighted by atomic mass is 10.1. The number of benzene rings is 1. The van der Waals surface area contributed by atoms with E-state index in [9.17, 15) is 18.0 Å². The van der Waals surface area contributed by atoms with Gasteiger partial charge in [-0.1, -0.05) is 12.1 Å². The molecule has 0 bridgehead atoms. The fourth-order valence-corrected chi connectivity index (χ4v) is 1.52. The van der Waals surface area contributed by atoms with Gasteiger partial charge in [-0.05, 0) is 12.1 Å². The van der Waals surface area contributed by atoms with Gasteiger partial charge in [0.15, 0.2) is 0 Å². The number of rotatable bonds is 5. The van der Waals surface area contributed by atoms with Crippen LogP contribution in [0.15, 0.2) is 36.0 Å². The molecule has 112 valence electrons. The van der Waals surface area contributed by atoms with E-state index < -0.39 is 23.3 Å². The topological polar surface area (TPSA) is 64.9 Å². The van der Waals surface area contributed by atoms with Gasteiger partial charge in [0, 0.05) is 18.6 Å². The largest absolute Gasteiger partial charge is 0.418 e. The van der Waals surface area contributed by atoms with E-state index in [0.717, 1.165) is 18.3 Å². The van der Waals surface area contributed by atoms with Crippen LogP contribution in [0, 0.1) is 11.3 Å². The number of para-hydroxylation sites is 1. The number of hydrogen-bond donors (Lipinski definition) is 2. The summed E-state index contributed by atoms with van der Waals surface area (Å²) in [6, 6.07) is 6.12. The molecule has 0 saturated heterocycles. The zero-order valence-corrected chi connectivity index (χ0v) is 11.4. The van der Waals surface area contributed by atoms with Crippen molar-refractivity contribution < 1.29 is 18.0 Å². The maximum absolute atomic E-state index is 12.8. The third kappa shape index (κ3) is 5.00. The van der Waals surface area contributed by atoms with E-state index in [0.29, 0.717) is 6.54 Å². The molecule has 0 fully saturated rings. The van der Waals surface area contributed by atoms with Crippen LogP contribution in [-0.4, -0.2) is 18.3 Å². The summed E-state index contributed by atoms with van der Waals surface area (Å²) in [6.45, 7) is 0.319. The van der Waals surface area contributed by atoms with Gasteiger partial charge in [0.25, 0.3) is 5.91 Å². The van der Waals surface area contributed by atoms with Crippen LogP contribution in [0.4, 0.5) is 18.9 Å². The molecule has 0 spiro atoms. The molecule has 0 unspecified atom stereocenters. The van der Waals surface area contributed by atoms with Crippen molar-refractivity contribution in [2.75, 3.05) is 17.7 Å². The van der Waals surface area contributed by atoms with Gasteiger partial charge in [-0.15, -0.1) is 11.6 Å². The predicted molar refractivity (Wildman–Crippen MR) is 72.5 cm³/mol. The molecule has 0 aliphatic heterocycles. The van der Waals surface area contributed by atoms with Gasteiger partial charge in [-0.3, -0.25) is 4.79 Å². The van der Waals surface area contributed by atoms with Gasteiger partial charge in [-0.25, -0.2) is 0 Å². The summed E-state index contributed by atoms with van der Waals surface area (Å²) >= 11 is 5.41. The van der Waals surface area contributed by atoms with Crippen LogP contribution >= 0.6 is 11.6 Å². The van der Waals surface area contributed by atoms with E-state index in [4.69, 9.17) is 16.9 Å². The molecule has 0 radical (unpaired) electrons. The smallest absolute Gasteiger partial charge is 0.388 e. The van der Waals surface area contributed by atoms with Crippen molar-refractivity contribution >= 4 is 23.2 Å². The van der Waals surface area contributed by atoms with Crippen molar-refractivity contribution in [1.29, 1.82) is 5.26 Å². The SMILES string of the molecule is N#C/C(=C/NCCCl)C(=O)Nc1ccccc1C(F)(F)F. The second kappa shape index (κ2) is 7.55. The first kappa shape index (κ1) is 16.9. The summed E-state index contributed by atoms with van der Waals surface area (Å²) in [5, 5.41) is 13.5. The molecule has 0 saturated carbocycles. The number of nitriles is 1. The summed E-state index contributed by atoms with van der Waals surface area (Å²) in [5.41, 5.74) is -1.74. The molecule has 1 aromatic rings. The minimum atomic E-state index is -4.60. The second-order valence-electron chi connectivity index (χ2n) is 3.81. The minimum absolute atomic E-state index is 0.258. The van der Waals surface area contributed by atoms with Crippen LogP contribution in [0.5, 0.6) is 0 Å². The maximum atomic E-state index is 12.8. The van der Waals surface area contributed by atoms with Crippen LogP contribution in [0.1, 0.15) is 5.56 Å². The number of nitrogens with one attached hydrogen (secondary N) is 2. The molecule has 0 heterocycles. The maximum Gasteiger partial charge on any atom is 0.418 e. The van der Waals surface area contributed by atoms with Crippen LogP contribution in [0.25, 0.3) is 0 Å². The van der Waals surface area contributed by atoms with Gasteiger partial charge in [0.05, 0.1) is 11.3 Å². The minimum Gasteiger partial charge on any atom is -0.388 e. The van der Waals surface area contributed by atoms with Crippen molar-refractivity contribution in [3.8, 4) is 6.07 Å². The zero-order valence-electron chi connectivity index (χ0n) is 10.7. The van der Waals surface area contributed by atoms with E-state index in [1.54, 1.807) is 6.07 Å². The highest BCUT2D eigenvalue weighted by molar-refractivity contribution is 6.18. The Balaban J connectivity index is 2.93. The Morgan fingerprint density at radius 1 is 1.38 bits per heavy atom. The summed E-state index contributed by atoms with van der Waals surface area (Å²) in [4.78, 5) is 11.8. The molecule has 0 aliphatic rings. The first-order valence-electron chi connectivity index (χ1n) is 5.77. The number of hydrogen-bond acceptors (Lipinski definition) is 3. The summed E-state index contributed by atoms with van der Waals surface area (Å²) < 4.78 is 38.3. The Morgan fingerprint density at radius 3 is 2.62 bits per heavy atom. The van der Waals surface area contributed by atoms with Gasteiger partial charge in [0.2, 0.25) is 0 Å². The average molecular weight is 318 g/mol. The molecular weight excluding hydrogens is 307 g/mol. The third-order valence-corrected chi connectivity index (χ3v) is 2.52. The molecule has 4 nitrogen and oxygen atoms in total. The van der Waals surface area contributed by atoms with Gasteiger partial charge in [0.1, 0.15) is 11.6 Å². The van der Waals surface area contributed by atoms with E-state index in [1.165, 1.54) is 12.1 Å². The third-order valence-electron chi connectivity index (χ3n) is 2.33. The number of amides is 1. The quantitative estimate of drug-likeness (QED) is 0.380. The summed E-state index contributed by atoms with van der Waals surface area (Å²) in [6.07, 6.45) is -3.49. The second-order valence-corrected chi connectivity index (χ2v) is 4.19. The number of halogens is 4. The van der Waals surface area contributed by atoms with Crippen molar-refractivity contribution in [2.45, 2.75) is 6.18 Å². The monoisotopic (exact) mass is 317 g/mol. The van der Waals surface area contributed by atoms with E-state index in [1.807, 2.05) is 0 Å². The Bertz CT molecular complexity index is 579. The van der Waals surface area contributed by atoms with Crippen molar-refractivity contribution in [3.63, 3.8) is 0 Å². The molecule has 0 aliphatic carbocycles. The molecule has 21 heavy (non-hydrogen) atoms. The normalized spacial score (nSPS) is 11.7. The van der Waals surface area contributed by atoms with E-state index in [2.05, 4.69) is 10.6 Å². The fourth-order valence-electron chi connectivity index (χ4n) is 1.41. The number of nitrogens with zero attached hydrogens (tertiary/aromatic N) is 1. The molecule has 8 heteroatoms. The highest BCUT2D eigenvalue weighted by Gasteiger charge is 2.33. The van der Waals surface area contributed by atoms with Gasteiger partial charge < -0.3 is 10.6 Å². The highest BCUT2D eigenvalue weighted by atomic mass is 35.5. The van der Waals surface area contributed by atoms with Crippen LogP contribution in [0.2, 0.25) is 0 Å². The summed E-state index contributed by atoms with van der Waals surface area (Å²) in [5.74, 6) is -0.676. The van der Waals surface area contributed by atoms with Gasteiger partial charge >= 0.3 is 6.18 Å². The van der Waals surface area contributed by atoms with E-state index in [-0.39, 0.29) is 11.5 Å². The fraction of sp³-hybridized carbons (Fsp3) is 0.231. The Morgan fingerprint density at radius 2 is 2.05 bits per heavy atom. The van der Waals surface area contributed by atoms with Crippen LogP contribution in [0.3, 0.4) is 0 Å². The lowest BCUT2D eigenvalue weighted by Crippen LogP contribution is -2.19. The molecule has 1 amide bonds. The first-order chi connectivity index (χ1) is 9.90. The zero-order chi connectivity index (χ0) is 15.9. The number of alkyl halides is 4. The Labute approximate surface area is 124 Å². The molecule has 1 aromatic carbocycles. The molecule has 2 N–H and O–H groups in total. The number of anilines is 1. The van der Waals surface area contributed by atoms with Crippen LogP contribution in [-0.2, 0) is 11.0 Å². The van der Waals surface area contributed by atoms with Crippen LogP contribution < -0.4 is 10.6 Å². The predicted octanol–water partition coefficient (Wildman–Crippen LogP) is 2.88. The average Bonchev–Trinajstić information content (AvgIpc) is 2.43. The lowest BCUT2D eigenvalue weighted by Gasteiger charge is -2.13. The Hall–Kier alpha value is -2.20. The summed E-state index contributed by atoms with van der Waals surface area (Å²) in [7, 11) is 0. The lowest BCUT2D eigenvalue weighted by molar-refractivity contribution is -0.136. The molecule has 0 atom stereocenters. The number of carbonyl (C=O) groups excluding carboxylic acids is 1. The molecular formula is C13H11ClF3N3O.